The summed E-state index contributed by atoms with van der Waals surface area (Å²) >= 11 is 9.03. The minimum Gasteiger partial charge on any atom is -0.313 e. The Morgan fingerprint density at radius 1 is 1.21 bits per heavy atom. The second-order valence-corrected chi connectivity index (χ2v) is 5.64. The van der Waals surface area contributed by atoms with Crippen LogP contribution in [0.2, 0.25) is 5.02 Å². The summed E-state index contributed by atoms with van der Waals surface area (Å²) in [5.41, 5.74) is 2.09. The normalized spacial score (nSPS) is 12.4. The van der Waals surface area contributed by atoms with Crippen molar-refractivity contribution in [1.82, 2.24) is 5.32 Å². The van der Waals surface area contributed by atoms with Gasteiger partial charge in [0.25, 0.3) is 0 Å². The molecule has 4 heteroatoms. The Morgan fingerprint density at radius 3 is 2.47 bits per heavy atom. The summed E-state index contributed by atoms with van der Waals surface area (Å²) in [7, 11) is 1.88. The molecule has 1 nitrogen and oxygen atoms in total. The molecule has 2 aromatic rings. The topological polar surface area (TPSA) is 12.0 Å². The second-order valence-electron chi connectivity index (χ2n) is 4.35. The Morgan fingerprint density at radius 2 is 1.89 bits per heavy atom. The quantitative estimate of drug-likeness (QED) is 0.846. The zero-order valence-electron chi connectivity index (χ0n) is 10.5. The Kier molecular flexibility index (Phi) is 4.97. The largest absolute Gasteiger partial charge is 0.313 e. The smallest absolute Gasteiger partial charge is 0.137 e. The van der Waals surface area contributed by atoms with Crippen molar-refractivity contribution in [3.63, 3.8) is 0 Å². The van der Waals surface area contributed by atoms with Gasteiger partial charge in [-0.1, -0.05) is 29.8 Å². The van der Waals surface area contributed by atoms with E-state index in [1.807, 2.05) is 37.4 Å². The third-order valence-corrected chi connectivity index (χ3v) is 3.94. The van der Waals surface area contributed by atoms with Crippen LogP contribution in [0.4, 0.5) is 4.39 Å². The van der Waals surface area contributed by atoms with E-state index in [1.165, 1.54) is 0 Å². The Bertz CT molecular complexity index is 557. The summed E-state index contributed by atoms with van der Waals surface area (Å²) in [5.74, 6) is -0.242. The molecule has 1 unspecified atom stereocenters. The van der Waals surface area contributed by atoms with Gasteiger partial charge in [0.2, 0.25) is 0 Å². The number of halogens is 3. The molecule has 0 spiro atoms. The molecule has 2 aromatic carbocycles. The summed E-state index contributed by atoms with van der Waals surface area (Å²) in [6.45, 7) is 0. The van der Waals surface area contributed by atoms with E-state index in [4.69, 9.17) is 11.6 Å². The van der Waals surface area contributed by atoms with E-state index in [9.17, 15) is 4.39 Å². The standard InChI is InChI=1S/C15H14BrClFN/c1-19-15(8-10-2-5-12(17)6-3-10)11-4-7-13(16)14(18)9-11/h2-7,9,15,19H,8H2,1H3. The Labute approximate surface area is 125 Å². The first-order chi connectivity index (χ1) is 9.10. The second kappa shape index (κ2) is 6.51. The SMILES string of the molecule is CNC(Cc1ccc(Cl)cc1)c1ccc(Br)c(F)c1. The highest BCUT2D eigenvalue weighted by Gasteiger charge is 2.12. The Balaban J connectivity index is 2.19. The van der Waals surface area contributed by atoms with Crippen LogP contribution in [-0.4, -0.2) is 7.05 Å². The molecule has 0 aromatic heterocycles. The molecule has 0 saturated carbocycles. The van der Waals surface area contributed by atoms with E-state index >= 15 is 0 Å². The van der Waals surface area contributed by atoms with E-state index in [0.29, 0.717) is 4.47 Å². The van der Waals surface area contributed by atoms with Crippen molar-refractivity contribution >= 4 is 27.5 Å². The molecular formula is C15H14BrClFN. The molecule has 1 N–H and O–H groups in total. The lowest BCUT2D eigenvalue weighted by molar-refractivity contribution is 0.575. The van der Waals surface area contributed by atoms with Crippen LogP contribution in [0.3, 0.4) is 0 Å². The predicted molar refractivity (Wildman–Crippen MR) is 81.1 cm³/mol. The van der Waals surface area contributed by atoms with Crippen molar-refractivity contribution in [1.29, 1.82) is 0 Å². The maximum absolute atomic E-state index is 13.6. The van der Waals surface area contributed by atoms with E-state index in [-0.39, 0.29) is 11.9 Å². The van der Waals surface area contributed by atoms with Crippen LogP contribution >= 0.6 is 27.5 Å². The Hall–Kier alpha value is -0.900. The molecule has 0 aliphatic heterocycles. The fraction of sp³-hybridized carbons (Fsp3) is 0.200. The first kappa shape index (κ1) is 14.5. The predicted octanol–water partition coefficient (Wildman–Crippen LogP) is 4.74. The van der Waals surface area contributed by atoms with Crippen LogP contribution in [0.15, 0.2) is 46.9 Å². The van der Waals surface area contributed by atoms with Crippen LogP contribution in [0.5, 0.6) is 0 Å². The molecule has 0 bridgehead atoms. The highest BCUT2D eigenvalue weighted by Crippen LogP contribution is 2.23. The van der Waals surface area contributed by atoms with Crippen molar-refractivity contribution in [3.05, 3.63) is 68.9 Å². The molecular weight excluding hydrogens is 329 g/mol. The van der Waals surface area contributed by atoms with Gasteiger partial charge in [0.05, 0.1) is 4.47 Å². The van der Waals surface area contributed by atoms with Crippen LogP contribution in [0.1, 0.15) is 17.2 Å². The molecule has 100 valence electrons. The molecule has 0 radical (unpaired) electrons. The van der Waals surface area contributed by atoms with Gasteiger partial charge in [-0.3, -0.25) is 0 Å². The highest BCUT2D eigenvalue weighted by molar-refractivity contribution is 9.10. The molecule has 1 atom stereocenters. The third-order valence-electron chi connectivity index (χ3n) is 3.05. The number of benzene rings is 2. The van der Waals surface area contributed by atoms with Crippen molar-refractivity contribution in [3.8, 4) is 0 Å². The fourth-order valence-corrected chi connectivity index (χ4v) is 2.34. The van der Waals surface area contributed by atoms with E-state index in [1.54, 1.807) is 12.1 Å². The monoisotopic (exact) mass is 341 g/mol. The molecule has 0 heterocycles. The molecule has 0 saturated heterocycles. The first-order valence-electron chi connectivity index (χ1n) is 5.97. The third kappa shape index (κ3) is 3.78. The van der Waals surface area contributed by atoms with Gasteiger partial charge in [0.15, 0.2) is 0 Å². The minimum atomic E-state index is -0.242. The molecule has 0 aliphatic rings. The van der Waals surface area contributed by atoms with E-state index < -0.39 is 0 Å². The van der Waals surface area contributed by atoms with Crippen molar-refractivity contribution in [2.45, 2.75) is 12.5 Å². The average Bonchev–Trinajstić information content (AvgIpc) is 2.41. The van der Waals surface area contributed by atoms with Crippen LogP contribution in [0.25, 0.3) is 0 Å². The summed E-state index contributed by atoms with van der Waals surface area (Å²) in [4.78, 5) is 0. The van der Waals surface area contributed by atoms with Gasteiger partial charge < -0.3 is 5.32 Å². The molecule has 19 heavy (non-hydrogen) atoms. The van der Waals surface area contributed by atoms with Crippen LogP contribution in [0, 0.1) is 5.82 Å². The number of rotatable bonds is 4. The summed E-state index contributed by atoms with van der Waals surface area (Å²) in [6.07, 6.45) is 0.786. The molecule has 0 fully saturated rings. The molecule has 0 amide bonds. The maximum Gasteiger partial charge on any atom is 0.137 e. The van der Waals surface area contributed by atoms with Gasteiger partial charge in [-0.2, -0.15) is 0 Å². The number of likely N-dealkylation sites (N-methyl/N-ethyl adjacent to an activating group) is 1. The van der Waals surface area contributed by atoms with Crippen LogP contribution < -0.4 is 5.32 Å². The summed E-state index contributed by atoms with van der Waals surface area (Å²) < 4.78 is 14.1. The van der Waals surface area contributed by atoms with Gasteiger partial charge in [0.1, 0.15) is 5.82 Å². The first-order valence-corrected chi connectivity index (χ1v) is 7.14. The maximum atomic E-state index is 13.6. The zero-order valence-corrected chi connectivity index (χ0v) is 12.8. The number of nitrogens with one attached hydrogen (secondary N) is 1. The number of hydrogen-bond acceptors (Lipinski definition) is 1. The minimum absolute atomic E-state index is 0.0729. The lowest BCUT2D eigenvalue weighted by Gasteiger charge is -2.17. The summed E-state index contributed by atoms with van der Waals surface area (Å²) in [5, 5.41) is 3.93. The van der Waals surface area contributed by atoms with Gasteiger partial charge in [-0.15, -0.1) is 0 Å². The molecule has 0 aliphatic carbocycles. The molecule has 2 rings (SSSR count). The van der Waals surface area contributed by atoms with Gasteiger partial charge in [-0.05, 0) is 64.8 Å². The van der Waals surface area contributed by atoms with Crippen LogP contribution in [-0.2, 0) is 6.42 Å². The average molecular weight is 343 g/mol. The zero-order chi connectivity index (χ0) is 13.8. The van der Waals surface area contributed by atoms with E-state index in [2.05, 4.69) is 21.2 Å². The van der Waals surface area contributed by atoms with Crippen molar-refractivity contribution in [2.75, 3.05) is 7.05 Å². The van der Waals surface area contributed by atoms with Crippen molar-refractivity contribution < 1.29 is 4.39 Å². The van der Waals surface area contributed by atoms with E-state index in [0.717, 1.165) is 22.6 Å². The van der Waals surface area contributed by atoms with Gasteiger partial charge in [0, 0.05) is 11.1 Å². The summed E-state index contributed by atoms with van der Waals surface area (Å²) in [6, 6.07) is 13.0. The van der Waals surface area contributed by atoms with Gasteiger partial charge in [-0.25, -0.2) is 4.39 Å². The number of hydrogen-bond donors (Lipinski definition) is 1. The lowest BCUT2D eigenvalue weighted by Crippen LogP contribution is -2.19. The lowest BCUT2D eigenvalue weighted by atomic mass is 9.99. The van der Waals surface area contributed by atoms with Crippen molar-refractivity contribution in [2.24, 2.45) is 0 Å². The fourth-order valence-electron chi connectivity index (χ4n) is 1.97. The van der Waals surface area contributed by atoms with Gasteiger partial charge >= 0.3 is 0 Å². The highest BCUT2D eigenvalue weighted by atomic mass is 79.9.